The van der Waals surface area contributed by atoms with Gasteiger partial charge in [-0.25, -0.2) is 0 Å². The molecule has 7 heteroatoms. The molecule has 1 atom stereocenters. The number of carbonyl (C=O) groups excluding carboxylic acids is 2. The lowest BCUT2D eigenvalue weighted by atomic mass is 10.0. The fourth-order valence-electron chi connectivity index (χ4n) is 3.49. The van der Waals surface area contributed by atoms with Gasteiger partial charge in [-0.3, -0.25) is 9.59 Å². The fraction of sp³-hybridized carbons (Fsp3) is 0.417. The first kappa shape index (κ1) is 22.5. The summed E-state index contributed by atoms with van der Waals surface area (Å²) in [6, 6.07) is 12.1. The van der Waals surface area contributed by atoms with Crippen LogP contribution in [0.3, 0.4) is 0 Å². The summed E-state index contributed by atoms with van der Waals surface area (Å²) in [5.74, 6) is 1.15. The summed E-state index contributed by atoms with van der Waals surface area (Å²) in [5.41, 5.74) is 2.17. The highest BCUT2D eigenvalue weighted by atomic mass is 16.5. The Bertz CT molecular complexity index is 905. The molecule has 1 fully saturated rings. The van der Waals surface area contributed by atoms with Crippen molar-refractivity contribution in [2.45, 2.75) is 45.8 Å². The minimum atomic E-state index is -0.657. The highest BCUT2D eigenvalue weighted by Gasteiger charge is 2.26. The number of amides is 2. The zero-order valence-corrected chi connectivity index (χ0v) is 18.3. The van der Waals surface area contributed by atoms with E-state index < -0.39 is 6.10 Å². The standard InChI is InChI=1S/C24H30N2O5/c1-16-5-4-6-22(17(16)2)30-15-23(28)26-13-11-19(12-14-26)25-24(29)18(3)31-21-9-7-20(27)8-10-21/h4-10,18-19,27H,11-15H2,1-3H3,(H,25,29). The van der Waals surface area contributed by atoms with Gasteiger partial charge in [0.25, 0.3) is 11.8 Å². The van der Waals surface area contributed by atoms with Crippen LogP contribution < -0.4 is 14.8 Å². The van der Waals surface area contributed by atoms with Gasteiger partial charge in [-0.05, 0) is 75.1 Å². The number of aryl methyl sites for hydroxylation is 1. The molecule has 1 heterocycles. The van der Waals surface area contributed by atoms with Gasteiger partial charge in [-0.1, -0.05) is 12.1 Å². The Balaban J connectivity index is 1.41. The Labute approximate surface area is 183 Å². The van der Waals surface area contributed by atoms with E-state index in [9.17, 15) is 14.7 Å². The van der Waals surface area contributed by atoms with E-state index >= 15 is 0 Å². The lowest BCUT2D eigenvalue weighted by Gasteiger charge is -2.33. The van der Waals surface area contributed by atoms with Gasteiger partial charge in [0.2, 0.25) is 0 Å². The van der Waals surface area contributed by atoms with Gasteiger partial charge >= 0.3 is 0 Å². The first-order valence-corrected chi connectivity index (χ1v) is 10.6. The number of phenols is 1. The Kier molecular flexibility index (Phi) is 7.39. The molecule has 2 amide bonds. The van der Waals surface area contributed by atoms with Crippen molar-refractivity contribution >= 4 is 11.8 Å². The monoisotopic (exact) mass is 426 g/mol. The van der Waals surface area contributed by atoms with Crippen molar-refractivity contribution in [2.75, 3.05) is 19.7 Å². The van der Waals surface area contributed by atoms with Gasteiger partial charge in [-0.2, -0.15) is 0 Å². The zero-order valence-electron chi connectivity index (χ0n) is 18.3. The number of carbonyl (C=O) groups is 2. The van der Waals surface area contributed by atoms with Gasteiger partial charge < -0.3 is 24.8 Å². The van der Waals surface area contributed by atoms with E-state index in [2.05, 4.69) is 5.32 Å². The molecule has 0 spiro atoms. The molecule has 1 aliphatic rings. The summed E-state index contributed by atoms with van der Waals surface area (Å²) in [7, 11) is 0. The average Bonchev–Trinajstić information content (AvgIpc) is 2.76. The van der Waals surface area contributed by atoms with Crippen LogP contribution in [-0.4, -0.2) is 53.7 Å². The summed E-state index contributed by atoms with van der Waals surface area (Å²) in [5, 5.41) is 12.3. The summed E-state index contributed by atoms with van der Waals surface area (Å²) in [6.07, 6.45) is 0.718. The summed E-state index contributed by atoms with van der Waals surface area (Å²) in [6.45, 7) is 6.85. The van der Waals surface area contributed by atoms with Crippen molar-refractivity contribution in [3.8, 4) is 17.2 Å². The second kappa shape index (κ2) is 10.2. The molecule has 0 radical (unpaired) electrons. The van der Waals surface area contributed by atoms with Crippen molar-refractivity contribution in [3.05, 3.63) is 53.6 Å². The number of phenolic OH excluding ortho intramolecular Hbond substituents is 1. The van der Waals surface area contributed by atoms with Crippen molar-refractivity contribution in [1.29, 1.82) is 0 Å². The van der Waals surface area contributed by atoms with Crippen LogP contribution in [0.5, 0.6) is 17.2 Å². The van der Waals surface area contributed by atoms with Crippen LogP contribution in [0.25, 0.3) is 0 Å². The molecule has 2 aromatic carbocycles. The normalized spacial score (nSPS) is 15.3. The van der Waals surface area contributed by atoms with Crippen LogP contribution in [0.1, 0.15) is 30.9 Å². The molecule has 3 rings (SSSR count). The highest BCUT2D eigenvalue weighted by Crippen LogP contribution is 2.21. The van der Waals surface area contributed by atoms with E-state index in [1.807, 2.05) is 32.0 Å². The minimum absolute atomic E-state index is 0.00218. The minimum Gasteiger partial charge on any atom is -0.508 e. The van der Waals surface area contributed by atoms with Crippen molar-refractivity contribution in [3.63, 3.8) is 0 Å². The molecule has 7 nitrogen and oxygen atoms in total. The Morgan fingerprint density at radius 2 is 1.81 bits per heavy atom. The average molecular weight is 427 g/mol. The third kappa shape index (κ3) is 6.13. The number of ether oxygens (including phenoxy) is 2. The molecule has 2 N–H and O–H groups in total. The van der Waals surface area contributed by atoms with Gasteiger partial charge in [-0.15, -0.1) is 0 Å². The molecular formula is C24H30N2O5. The second-order valence-electron chi connectivity index (χ2n) is 7.90. The summed E-state index contributed by atoms with van der Waals surface area (Å²) in [4.78, 5) is 26.7. The second-order valence-corrected chi connectivity index (χ2v) is 7.90. The van der Waals surface area contributed by atoms with Crippen molar-refractivity contribution in [2.24, 2.45) is 0 Å². The molecule has 0 saturated carbocycles. The summed E-state index contributed by atoms with van der Waals surface area (Å²) >= 11 is 0. The number of nitrogens with one attached hydrogen (secondary N) is 1. The number of likely N-dealkylation sites (tertiary alicyclic amines) is 1. The maximum absolute atomic E-state index is 12.5. The molecule has 1 unspecified atom stereocenters. The molecule has 166 valence electrons. The Hall–Kier alpha value is -3.22. The number of benzene rings is 2. The van der Waals surface area contributed by atoms with Crippen LogP contribution in [0.15, 0.2) is 42.5 Å². The van der Waals surface area contributed by atoms with E-state index in [4.69, 9.17) is 9.47 Å². The van der Waals surface area contributed by atoms with Gasteiger partial charge in [0.05, 0.1) is 0 Å². The first-order chi connectivity index (χ1) is 14.8. The van der Waals surface area contributed by atoms with Gasteiger partial charge in [0.15, 0.2) is 12.7 Å². The number of piperidine rings is 1. The molecule has 1 saturated heterocycles. The molecule has 0 aliphatic carbocycles. The number of hydrogen-bond donors (Lipinski definition) is 2. The largest absolute Gasteiger partial charge is 0.508 e. The molecule has 31 heavy (non-hydrogen) atoms. The van der Waals surface area contributed by atoms with E-state index in [1.54, 1.807) is 24.0 Å². The van der Waals surface area contributed by atoms with E-state index in [-0.39, 0.29) is 30.2 Å². The Morgan fingerprint density at radius 1 is 1.13 bits per heavy atom. The fourth-order valence-corrected chi connectivity index (χ4v) is 3.49. The van der Waals surface area contributed by atoms with Crippen LogP contribution in [0.4, 0.5) is 0 Å². The van der Waals surface area contributed by atoms with Crippen LogP contribution in [0.2, 0.25) is 0 Å². The lowest BCUT2D eigenvalue weighted by Crippen LogP contribution is -2.50. The third-order valence-corrected chi connectivity index (χ3v) is 5.62. The molecule has 0 bridgehead atoms. The quantitative estimate of drug-likeness (QED) is 0.711. The first-order valence-electron chi connectivity index (χ1n) is 10.6. The van der Waals surface area contributed by atoms with Crippen LogP contribution in [-0.2, 0) is 9.59 Å². The molecule has 1 aliphatic heterocycles. The van der Waals surface area contributed by atoms with Crippen LogP contribution in [0, 0.1) is 13.8 Å². The topological polar surface area (TPSA) is 88.1 Å². The maximum Gasteiger partial charge on any atom is 0.260 e. The molecular weight excluding hydrogens is 396 g/mol. The zero-order chi connectivity index (χ0) is 22.4. The smallest absolute Gasteiger partial charge is 0.260 e. The molecule has 2 aromatic rings. The van der Waals surface area contributed by atoms with Crippen LogP contribution >= 0.6 is 0 Å². The predicted octanol–water partition coefficient (Wildman–Crippen LogP) is 2.96. The third-order valence-electron chi connectivity index (χ3n) is 5.62. The van der Waals surface area contributed by atoms with E-state index in [0.717, 1.165) is 16.9 Å². The van der Waals surface area contributed by atoms with Crippen molar-refractivity contribution < 1.29 is 24.2 Å². The number of nitrogens with zero attached hydrogens (tertiary/aromatic N) is 1. The SMILES string of the molecule is Cc1cccc(OCC(=O)N2CCC(NC(=O)C(C)Oc3ccc(O)cc3)CC2)c1C. The van der Waals surface area contributed by atoms with E-state index in [1.165, 1.54) is 12.1 Å². The number of hydrogen-bond acceptors (Lipinski definition) is 5. The van der Waals surface area contributed by atoms with Gasteiger partial charge in [0.1, 0.15) is 17.2 Å². The van der Waals surface area contributed by atoms with E-state index in [0.29, 0.717) is 31.7 Å². The maximum atomic E-state index is 12.5. The highest BCUT2D eigenvalue weighted by molar-refractivity contribution is 5.81. The number of rotatable bonds is 7. The Morgan fingerprint density at radius 3 is 2.48 bits per heavy atom. The lowest BCUT2D eigenvalue weighted by molar-refractivity contribution is -0.134. The van der Waals surface area contributed by atoms with Crippen molar-refractivity contribution in [1.82, 2.24) is 10.2 Å². The summed E-state index contributed by atoms with van der Waals surface area (Å²) < 4.78 is 11.3. The molecule has 0 aromatic heterocycles. The number of aromatic hydroxyl groups is 1. The predicted molar refractivity (Wildman–Crippen MR) is 117 cm³/mol. The van der Waals surface area contributed by atoms with Gasteiger partial charge in [0, 0.05) is 19.1 Å².